The van der Waals surface area contributed by atoms with Crippen LogP contribution in [0.2, 0.25) is 0 Å². The predicted molar refractivity (Wildman–Crippen MR) is 98.3 cm³/mol. The molecule has 0 fully saturated rings. The summed E-state index contributed by atoms with van der Waals surface area (Å²) in [5.74, 6) is 0.303. The Balaban J connectivity index is 2.49. The average Bonchev–Trinajstić information content (AvgIpc) is 2.99. The molecule has 0 aliphatic heterocycles. The highest BCUT2D eigenvalue weighted by atomic mass is 32.2. The first-order valence-corrected chi connectivity index (χ1v) is 9.39. The maximum atomic E-state index is 12.3. The molecule has 5 nitrogen and oxygen atoms in total. The maximum absolute atomic E-state index is 12.3. The second kappa shape index (κ2) is 8.73. The van der Waals surface area contributed by atoms with Gasteiger partial charge in [0.2, 0.25) is 5.69 Å². The second-order valence-corrected chi connectivity index (χ2v) is 6.74. The second-order valence-electron chi connectivity index (χ2n) is 4.64. The molecular weight excluding hydrogens is 344 g/mol. The fourth-order valence-electron chi connectivity index (χ4n) is 2.14. The van der Waals surface area contributed by atoms with Crippen molar-refractivity contribution in [3.63, 3.8) is 0 Å². The van der Waals surface area contributed by atoms with E-state index in [9.17, 15) is 4.79 Å². The van der Waals surface area contributed by atoms with Gasteiger partial charge in [-0.2, -0.15) is 0 Å². The average molecular weight is 362 g/mol. The Morgan fingerprint density at radius 1 is 1.38 bits per heavy atom. The van der Waals surface area contributed by atoms with Crippen LogP contribution in [-0.2, 0) is 4.74 Å². The molecule has 0 bridgehead atoms. The van der Waals surface area contributed by atoms with Crippen molar-refractivity contribution < 1.29 is 14.3 Å². The van der Waals surface area contributed by atoms with E-state index in [1.54, 1.807) is 6.92 Å². The van der Waals surface area contributed by atoms with Gasteiger partial charge in [-0.1, -0.05) is 12.1 Å². The highest BCUT2D eigenvalue weighted by Gasteiger charge is 2.24. The number of nitrogens with two attached hydrogens (primary N) is 1. The summed E-state index contributed by atoms with van der Waals surface area (Å²) in [5.41, 5.74) is 7.34. The van der Waals surface area contributed by atoms with Gasteiger partial charge >= 0.3 is 5.97 Å². The molecule has 0 spiro atoms. The van der Waals surface area contributed by atoms with Crippen LogP contribution < -0.4 is 10.5 Å². The molecule has 1 heterocycles. The number of hydrogen-bond donors (Lipinski definition) is 1. The first-order chi connectivity index (χ1) is 11.7. The summed E-state index contributed by atoms with van der Waals surface area (Å²) in [4.78, 5) is 16.4. The first-order valence-electron chi connectivity index (χ1n) is 7.34. The van der Waals surface area contributed by atoms with Gasteiger partial charge in [-0.15, -0.1) is 23.1 Å². The van der Waals surface area contributed by atoms with Crippen molar-refractivity contribution in [2.75, 3.05) is 26.0 Å². The Morgan fingerprint density at radius 2 is 2.08 bits per heavy atom. The molecule has 2 N–H and O–H groups in total. The normalized spacial score (nSPS) is 10.2. The lowest BCUT2D eigenvalue weighted by Crippen LogP contribution is -2.10. The van der Waals surface area contributed by atoms with E-state index in [1.807, 2.05) is 30.5 Å². The monoisotopic (exact) mass is 362 g/mol. The number of rotatable bonds is 7. The highest BCUT2D eigenvalue weighted by molar-refractivity contribution is 8.00. The van der Waals surface area contributed by atoms with Crippen molar-refractivity contribution in [3.05, 3.63) is 40.6 Å². The van der Waals surface area contributed by atoms with Crippen LogP contribution in [0.3, 0.4) is 0 Å². The highest BCUT2D eigenvalue weighted by Crippen LogP contribution is 2.47. The van der Waals surface area contributed by atoms with E-state index in [-0.39, 0.29) is 0 Å². The molecular formula is C17H18N2O3S2. The smallest absolute Gasteiger partial charge is 0.347 e. The molecule has 0 aliphatic rings. The van der Waals surface area contributed by atoms with Gasteiger partial charge in [0.15, 0.2) is 0 Å². The molecule has 7 heteroatoms. The molecule has 0 unspecified atom stereocenters. The topological polar surface area (TPSA) is 65.9 Å². The molecule has 2 aromatic rings. The number of benzene rings is 1. The van der Waals surface area contributed by atoms with Crippen LogP contribution >= 0.6 is 23.1 Å². The summed E-state index contributed by atoms with van der Waals surface area (Å²) in [6, 6.07) is 7.30. The summed E-state index contributed by atoms with van der Waals surface area (Å²) in [5, 5.41) is 0. The number of nitrogens with zero attached hydrogens (tertiary/aromatic N) is 1. The fourth-order valence-corrected chi connectivity index (χ4v) is 3.96. The molecule has 1 aromatic heterocycles. The van der Waals surface area contributed by atoms with Gasteiger partial charge in [0.05, 0.1) is 17.4 Å². The van der Waals surface area contributed by atoms with Crippen LogP contribution in [0.15, 0.2) is 28.5 Å². The van der Waals surface area contributed by atoms with Crippen molar-refractivity contribution in [3.8, 4) is 16.9 Å². The van der Waals surface area contributed by atoms with Crippen LogP contribution in [0.1, 0.15) is 16.6 Å². The van der Waals surface area contributed by atoms with E-state index in [0.717, 1.165) is 9.77 Å². The lowest BCUT2D eigenvalue weighted by molar-refractivity contribution is 0.0533. The molecule has 0 radical (unpaired) electrons. The Labute approximate surface area is 149 Å². The fraction of sp³-hybridized carbons (Fsp3) is 0.294. The summed E-state index contributed by atoms with van der Waals surface area (Å²) in [6.45, 7) is 10.4. The van der Waals surface area contributed by atoms with Gasteiger partial charge in [0.25, 0.3) is 0 Å². The number of esters is 1. The minimum absolute atomic E-state index is 0.296. The molecule has 0 aliphatic carbocycles. The van der Waals surface area contributed by atoms with E-state index < -0.39 is 5.97 Å². The van der Waals surface area contributed by atoms with Crippen LogP contribution in [0.25, 0.3) is 16.0 Å². The van der Waals surface area contributed by atoms with Crippen molar-refractivity contribution in [2.24, 2.45) is 5.73 Å². The van der Waals surface area contributed by atoms with Crippen LogP contribution in [0.5, 0.6) is 5.75 Å². The van der Waals surface area contributed by atoms with Gasteiger partial charge in [-0.05, 0) is 30.9 Å². The molecule has 126 valence electrons. The molecule has 0 saturated carbocycles. The number of carbonyl (C=O) groups excluding carboxylic acids is 1. The van der Waals surface area contributed by atoms with Crippen LogP contribution in [0.4, 0.5) is 5.69 Å². The van der Waals surface area contributed by atoms with Gasteiger partial charge in [0, 0.05) is 12.1 Å². The van der Waals surface area contributed by atoms with E-state index in [0.29, 0.717) is 41.6 Å². The van der Waals surface area contributed by atoms with Crippen LogP contribution in [0, 0.1) is 6.57 Å². The Morgan fingerprint density at radius 3 is 2.62 bits per heavy atom. The third kappa shape index (κ3) is 3.90. The lowest BCUT2D eigenvalue weighted by atomic mass is 10.0. The molecule has 0 atom stereocenters. The quantitative estimate of drug-likeness (QED) is 0.454. The number of thiophene rings is 1. The zero-order valence-electron chi connectivity index (χ0n) is 13.5. The van der Waals surface area contributed by atoms with E-state index >= 15 is 0 Å². The Bertz CT molecular complexity index is 748. The van der Waals surface area contributed by atoms with Gasteiger partial charge in [-0.25, -0.2) is 9.64 Å². The summed E-state index contributed by atoms with van der Waals surface area (Å²) in [7, 11) is 0. The maximum Gasteiger partial charge on any atom is 0.347 e. The first kappa shape index (κ1) is 18.3. The minimum Gasteiger partial charge on any atom is -0.492 e. The molecule has 1 aromatic carbocycles. The van der Waals surface area contributed by atoms with Gasteiger partial charge in [-0.3, -0.25) is 0 Å². The molecule has 24 heavy (non-hydrogen) atoms. The largest absolute Gasteiger partial charge is 0.492 e. The SMILES string of the molecule is [C-]#[N+]c1c(SC)sc(C(=O)OCC)c1-c1ccc(OCCN)cc1. The summed E-state index contributed by atoms with van der Waals surface area (Å²) >= 11 is 2.76. The van der Waals surface area contributed by atoms with E-state index in [1.165, 1.54) is 23.1 Å². The predicted octanol–water partition coefficient (Wildman–Crippen LogP) is 4.20. The minimum atomic E-state index is -0.397. The Kier molecular flexibility index (Phi) is 6.67. The molecule has 0 saturated heterocycles. The van der Waals surface area contributed by atoms with E-state index in [4.69, 9.17) is 21.8 Å². The molecule has 0 amide bonds. The number of hydrogen-bond acceptors (Lipinski definition) is 6. The van der Waals surface area contributed by atoms with Gasteiger partial charge in [0.1, 0.15) is 17.2 Å². The van der Waals surface area contributed by atoms with Crippen molar-refractivity contribution in [2.45, 2.75) is 11.1 Å². The zero-order chi connectivity index (χ0) is 17.5. The standard InChI is InChI=1S/C17H18N2O3S2/c1-4-21-16(20)15-13(14(19-2)17(23-3)24-15)11-5-7-12(8-6-11)22-10-9-18/h5-8H,4,9-10,18H2,1,3H3. The third-order valence-electron chi connectivity index (χ3n) is 3.14. The van der Waals surface area contributed by atoms with Gasteiger partial charge < -0.3 is 15.2 Å². The van der Waals surface area contributed by atoms with Crippen molar-refractivity contribution >= 4 is 34.8 Å². The lowest BCUT2D eigenvalue weighted by Gasteiger charge is -2.08. The molecule has 2 rings (SSSR count). The number of thioether (sulfide) groups is 1. The summed E-state index contributed by atoms with van der Waals surface area (Å²) in [6.07, 6.45) is 1.89. The number of carbonyl (C=O) groups is 1. The van der Waals surface area contributed by atoms with Crippen LogP contribution in [-0.4, -0.2) is 32.0 Å². The third-order valence-corrected chi connectivity index (χ3v) is 5.41. The number of ether oxygens (including phenoxy) is 2. The van der Waals surface area contributed by atoms with Crippen molar-refractivity contribution in [1.82, 2.24) is 0 Å². The Hall–Kier alpha value is -2.01. The van der Waals surface area contributed by atoms with Crippen molar-refractivity contribution in [1.29, 1.82) is 0 Å². The van der Waals surface area contributed by atoms with E-state index in [2.05, 4.69) is 4.85 Å². The zero-order valence-corrected chi connectivity index (χ0v) is 15.1. The summed E-state index contributed by atoms with van der Waals surface area (Å²) < 4.78 is 11.4.